The van der Waals surface area contributed by atoms with Crippen molar-refractivity contribution in [3.8, 4) is 11.5 Å². The normalized spacial score (nSPS) is 15.9. The number of hydrogen-bond donors (Lipinski definition) is 4. The molecule has 0 bridgehead atoms. The predicted octanol–water partition coefficient (Wildman–Crippen LogP) is 4.84. The second kappa shape index (κ2) is 13.2. The Hall–Kier alpha value is -4.84. The maximum atomic E-state index is 13.4. The lowest BCUT2D eigenvalue weighted by molar-refractivity contribution is -0.274. The molecule has 230 valence electrons. The van der Waals surface area contributed by atoms with Crippen LogP contribution in [0.25, 0.3) is 0 Å². The van der Waals surface area contributed by atoms with Crippen LogP contribution in [0.4, 0.5) is 13.2 Å². The van der Waals surface area contributed by atoms with Crippen molar-refractivity contribution in [2.24, 2.45) is 5.73 Å². The molecule has 5 N–H and O–H groups in total. The van der Waals surface area contributed by atoms with Gasteiger partial charge in [-0.3, -0.25) is 9.59 Å². The third kappa shape index (κ3) is 7.75. The summed E-state index contributed by atoms with van der Waals surface area (Å²) in [4.78, 5) is 33.1. The standard InChI is InChI=1S/C32H32F3N5O4/c1-19-5-7-20(8-6-19)15-26(28-17-37-18-38-28)39-25-13-14-43-29-23(25)3-2-4-24(29)31(42)40-27(30(36)41)16-21-9-11-22(12-10-21)44-32(33,34)35/h2-12,17-18,25-27,39H,13-16H2,1H3,(H2,36,41)(H,37,38)(H,40,42)/t25?,26?,27-/m0/s1. The van der Waals surface area contributed by atoms with Crippen LogP contribution in [0.3, 0.4) is 0 Å². The van der Waals surface area contributed by atoms with Crippen molar-refractivity contribution in [1.29, 1.82) is 0 Å². The van der Waals surface area contributed by atoms with Crippen molar-refractivity contribution >= 4 is 11.8 Å². The number of hydrogen-bond acceptors (Lipinski definition) is 6. The molecule has 2 unspecified atom stereocenters. The van der Waals surface area contributed by atoms with Crippen molar-refractivity contribution < 1.29 is 32.2 Å². The van der Waals surface area contributed by atoms with Gasteiger partial charge in [0, 0.05) is 30.6 Å². The fourth-order valence-corrected chi connectivity index (χ4v) is 5.22. The molecule has 3 atom stereocenters. The number of H-pyrrole nitrogens is 1. The first-order valence-electron chi connectivity index (χ1n) is 14.1. The summed E-state index contributed by atoms with van der Waals surface area (Å²) >= 11 is 0. The number of aromatic nitrogens is 2. The highest BCUT2D eigenvalue weighted by Crippen LogP contribution is 2.37. The highest BCUT2D eigenvalue weighted by atomic mass is 19.4. The van der Waals surface area contributed by atoms with E-state index in [0.29, 0.717) is 30.8 Å². The average molecular weight is 608 g/mol. The third-order valence-corrected chi connectivity index (χ3v) is 7.42. The van der Waals surface area contributed by atoms with E-state index in [-0.39, 0.29) is 24.1 Å². The third-order valence-electron chi connectivity index (χ3n) is 7.42. The first kappa shape index (κ1) is 30.6. The fourth-order valence-electron chi connectivity index (χ4n) is 5.22. The molecule has 0 aliphatic carbocycles. The molecule has 0 fully saturated rings. The second-order valence-corrected chi connectivity index (χ2v) is 10.7. The summed E-state index contributed by atoms with van der Waals surface area (Å²) < 4.78 is 47.3. The van der Waals surface area contributed by atoms with Crippen molar-refractivity contribution in [2.75, 3.05) is 6.61 Å². The first-order valence-corrected chi connectivity index (χ1v) is 14.1. The van der Waals surface area contributed by atoms with Crippen molar-refractivity contribution in [3.63, 3.8) is 0 Å². The number of nitrogens with two attached hydrogens (primary N) is 1. The molecule has 3 aromatic carbocycles. The molecule has 9 nitrogen and oxygen atoms in total. The maximum Gasteiger partial charge on any atom is 0.573 e. The maximum absolute atomic E-state index is 13.4. The van der Waals surface area contributed by atoms with Crippen LogP contribution in [0, 0.1) is 6.92 Å². The van der Waals surface area contributed by atoms with Crippen LogP contribution in [-0.2, 0) is 17.6 Å². The van der Waals surface area contributed by atoms with E-state index in [1.807, 2.05) is 13.0 Å². The van der Waals surface area contributed by atoms with Crippen LogP contribution in [0.2, 0.25) is 0 Å². The molecule has 1 aliphatic rings. The van der Waals surface area contributed by atoms with Gasteiger partial charge in [-0.15, -0.1) is 13.2 Å². The van der Waals surface area contributed by atoms with Gasteiger partial charge in [0.1, 0.15) is 17.5 Å². The number of nitrogens with zero attached hydrogens (tertiary/aromatic N) is 1. The minimum absolute atomic E-state index is 0.0295. The van der Waals surface area contributed by atoms with Gasteiger partial charge in [0.15, 0.2) is 0 Å². The van der Waals surface area contributed by atoms with Crippen LogP contribution in [0.1, 0.15) is 56.8 Å². The number of benzene rings is 3. The Morgan fingerprint density at radius 3 is 2.43 bits per heavy atom. The molecule has 0 radical (unpaired) electrons. The van der Waals surface area contributed by atoms with Gasteiger partial charge >= 0.3 is 6.36 Å². The predicted molar refractivity (Wildman–Crippen MR) is 156 cm³/mol. The Balaban J connectivity index is 1.32. The fraction of sp³-hybridized carbons (Fsp3) is 0.281. The average Bonchev–Trinajstić information content (AvgIpc) is 3.53. The topological polar surface area (TPSA) is 131 Å². The summed E-state index contributed by atoms with van der Waals surface area (Å²) in [5.74, 6) is -1.35. The number of primary amides is 1. The lowest BCUT2D eigenvalue weighted by Gasteiger charge is -2.31. The van der Waals surface area contributed by atoms with Gasteiger partial charge in [0.25, 0.3) is 5.91 Å². The van der Waals surface area contributed by atoms with E-state index >= 15 is 0 Å². The highest BCUT2D eigenvalue weighted by molar-refractivity contribution is 6.00. The van der Waals surface area contributed by atoms with E-state index in [2.05, 4.69) is 49.6 Å². The smallest absolute Gasteiger partial charge is 0.492 e. The zero-order valence-electron chi connectivity index (χ0n) is 23.9. The zero-order valence-corrected chi connectivity index (χ0v) is 23.9. The second-order valence-electron chi connectivity index (χ2n) is 10.7. The van der Waals surface area contributed by atoms with Gasteiger partial charge in [-0.25, -0.2) is 4.98 Å². The van der Waals surface area contributed by atoms with Gasteiger partial charge in [0.05, 0.1) is 30.2 Å². The number of imidazole rings is 1. The van der Waals surface area contributed by atoms with Gasteiger partial charge in [0.2, 0.25) is 5.91 Å². The van der Waals surface area contributed by atoms with E-state index in [4.69, 9.17) is 10.5 Å². The SMILES string of the molecule is Cc1ccc(CC(NC2CCOc3c(C(=O)N[C@@H](Cc4ccc(OC(F)(F)F)cc4)C(N)=O)cccc32)c2cnc[nH]2)cc1. The number of alkyl halides is 3. The summed E-state index contributed by atoms with van der Waals surface area (Å²) in [6, 6.07) is 17.3. The Morgan fingerprint density at radius 2 is 1.77 bits per heavy atom. The number of amides is 2. The lowest BCUT2D eigenvalue weighted by Crippen LogP contribution is -2.46. The van der Waals surface area contributed by atoms with Crippen LogP contribution >= 0.6 is 0 Å². The summed E-state index contributed by atoms with van der Waals surface area (Å²) in [6.07, 6.45) is -0.0558. The van der Waals surface area contributed by atoms with E-state index in [9.17, 15) is 22.8 Å². The van der Waals surface area contributed by atoms with Gasteiger partial charge in [-0.2, -0.15) is 0 Å². The molecule has 1 aliphatic heterocycles. The molecule has 2 heterocycles. The summed E-state index contributed by atoms with van der Waals surface area (Å²) in [5.41, 5.74) is 10.4. The minimum atomic E-state index is -4.82. The molecule has 5 rings (SSSR count). The van der Waals surface area contributed by atoms with Gasteiger partial charge in [-0.05, 0) is 42.7 Å². The number of fused-ring (bicyclic) bond motifs is 1. The zero-order chi connectivity index (χ0) is 31.3. The Kier molecular flexibility index (Phi) is 9.19. The number of para-hydroxylation sites is 1. The number of nitrogens with one attached hydrogen (secondary N) is 3. The number of ether oxygens (including phenoxy) is 2. The van der Waals surface area contributed by atoms with Crippen LogP contribution in [0.15, 0.2) is 79.3 Å². The summed E-state index contributed by atoms with van der Waals surface area (Å²) in [6.45, 7) is 2.40. The van der Waals surface area contributed by atoms with Crippen molar-refractivity contribution in [1.82, 2.24) is 20.6 Å². The molecular formula is C32H32F3N5O4. The Morgan fingerprint density at radius 1 is 1.07 bits per heavy atom. The number of halogens is 3. The molecule has 2 amide bonds. The van der Waals surface area contributed by atoms with Crippen LogP contribution in [-0.4, -0.2) is 40.8 Å². The number of aryl methyl sites for hydroxylation is 1. The number of carbonyl (C=O) groups excluding carboxylic acids is 2. The molecule has 4 aromatic rings. The van der Waals surface area contributed by atoms with Crippen molar-refractivity contribution in [2.45, 2.75) is 50.7 Å². The monoisotopic (exact) mass is 607 g/mol. The van der Waals surface area contributed by atoms with Crippen LogP contribution < -0.4 is 25.8 Å². The van der Waals surface area contributed by atoms with Crippen molar-refractivity contribution in [3.05, 3.63) is 113 Å². The molecular weight excluding hydrogens is 575 g/mol. The highest BCUT2D eigenvalue weighted by Gasteiger charge is 2.32. The first-order chi connectivity index (χ1) is 21.1. The molecule has 12 heteroatoms. The lowest BCUT2D eigenvalue weighted by atomic mass is 9.94. The Labute approximate surface area is 252 Å². The number of aromatic amines is 1. The molecule has 1 aromatic heterocycles. The van der Waals surface area contributed by atoms with E-state index < -0.39 is 30.0 Å². The summed E-state index contributed by atoms with van der Waals surface area (Å²) in [5, 5.41) is 6.38. The summed E-state index contributed by atoms with van der Waals surface area (Å²) in [7, 11) is 0. The van der Waals surface area contributed by atoms with Gasteiger partial charge in [-0.1, -0.05) is 54.1 Å². The molecule has 0 spiro atoms. The Bertz CT molecular complexity index is 1580. The quantitative estimate of drug-likeness (QED) is 0.193. The van der Waals surface area contributed by atoms with Gasteiger partial charge < -0.3 is 30.8 Å². The minimum Gasteiger partial charge on any atom is -0.492 e. The largest absolute Gasteiger partial charge is 0.573 e. The molecule has 44 heavy (non-hydrogen) atoms. The van der Waals surface area contributed by atoms with Crippen LogP contribution in [0.5, 0.6) is 11.5 Å². The van der Waals surface area contributed by atoms with E-state index in [1.165, 1.54) is 17.7 Å². The molecule has 0 saturated heterocycles. The molecule has 0 saturated carbocycles. The van der Waals surface area contributed by atoms with E-state index in [1.54, 1.807) is 24.7 Å². The number of rotatable bonds is 11. The number of carbonyl (C=O) groups is 2. The van der Waals surface area contributed by atoms with E-state index in [0.717, 1.165) is 29.0 Å².